The van der Waals surface area contributed by atoms with E-state index in [1.165, 1.54) is 78.6 Å². The third kappa shape index (κ3) is 9.14. The quantitative estimate of drug-likeness (QED) is 0.370. The van der Waals surface area contributed by atoms with Gasteiger partial charge in [-0.1, -0.05) is 48.5 Å². The number of aryl methyl sites for hydroxylation is 2. The number of halogens is 3. The molecule has 3 aromatic rings. The van der Waals surface area contributed by atoms with E-state index in [9.17, 15) is 13.2 Å². The fourth-order valence-electron chi connectivity index (χ4n) is 3.76. The minimum atomic E-state index is -4.63. The van der Waals surface area contributed by atoms with Crippen LogP contribution in [0, 0.1) is 0 Å². The van der Waals surface area contributed by atoms with Crippen LogP contribution in [-0.4, -0.2) is 19.6 Å². The average molecular weight is 475 g/mol. The van der Waals surface area contributed by atoms with E-state index in [0.717, 1.165) is 19.6 Å². The molecule has 1 aliphatic heterocycles. The molecule has 0 bridgehead atoms. The molecule has 2 nitrogen and oxygen atoms in total. The predicted octanol–water partition coefficient (Wildman–Crippen LogP) is 7.44. The molecule has 0 amide bonds. The molecule has 5 rings (SSSR count). The summed E-state index contributed by atoms with van der Waals surface area (Å²) >= 11 is 3.91. The molecule has 2 aliphatic rings. The minimum Gasteiger partial charge on any atom is -0.406 e. The Morgan fingerprint density at radius 2 is 1.15 bits per heavy atom. The van der Waals surface area contributed by atoms with Gasteiger partial charge in [-0.15, -0.1) is 25.8 Å². The van der Waals surface area contributed by atoms with Crippen molar-refractivity contribution in [2.24, 2.45) is 0 Å². The lowest BCUT2D eigenvalue weighted by Crippen LogP contribution is -2.16. The lowest BCUT2D eigenvalue weighted by molar-refractivity contribution is -0.274. The summed E-state index contributed by atoms with van der Waals surface area (Å²) in [5, 5.41) is 0. The minimum absolute atomic E-state index is 0.236. The van der Waals surface area contributed by atoms with E-state index in [1.54, 1.807) is 0 Å². The Morgan fingerprint density at radius 3 is 1.55 bits per heavy atom. The smallest absolute Gasteiger partial charge is 0.406 e. The maximum Gasteiger partial charge on any atom is 0.573 e. The zero-order valence-corrected chi connectivity index (χ0v) is 19.4. The van der Waals surface area contributed by atoms with E-state index in [2.05, 4.69) is 65.9 Å². The highest BCUT2D eigenvalue weighted by Crippen LogP contribution is 2.24. The number of rotatable bonds is 1. The fourth-order valence-corrected chi connectivity index (χ4v) is 3.91. The molecule has 0 aromatic heterocycles. The standard InChI is InChI=1S/C15H14.C7H5F3OS.C5H10O/c1-3-7-14-11-15-8-4-2-6-13(15)10-9-12(14)5-1;8-7(9,10)11-5-1-3-6(12)4-2-5;1-2-4-6-5-3-1/h1-8H,9-11H2;1-4,12H;1-5H2. The zero-order valence-electron chi connectivity index (χ0n) is 18.5. The van der Waals surface area contributed by atoms with Crippen LogP contribution < -0.4 is 4.74 Å². The largest absolute Gasteiger partial charge is 0.573 e. The van der Waals surface area contributed by atoms with Crippen LogP contribution in [0.15, 0.2) is 77.7 Å². The highest BCUT2D eigenvalue weighted by atomic mass is 32.1. The van der Waals surface area contributed by atoms with Gasteiger partial charge in [-0.3, -0.25) is 0 Å². The summed E-state index contributed by atoms with van der Waals surface area (Å²) in [4.78, 5) is 0.588. The van der Waals surface area contributed by atoms with Gasteiger partial charge >= 0.3 is 6.36 Å². The van der Waals surface area contributed by atoms with E-state index < -0.39 is 6.36 Å². The molecule has 6 heteroatoms. The summed E-state index contributed by atoms with van der Waals surface area (Å²) in [6.07, 6.45) is 2.78. The molecule has 0 atom stereocenters. The highest BCUT2D eigenvalue weighted by Gasteiger charge is 2.30. The lowest BCUT2D eigenvalue weighted by atomic mass is 10.0. The highest BCUT2D eigenvalue weighted by molar-refractivity contribution is 7.80. The predicted molar refractivity (Wildman–Crippen MR) is 128 cm³/mol. The molecule has 0 N–H and O–H groups in total. The normalized spacial score (nSPS) is 14.8. The second-order valence-corrected chi connectivity index (χ2v) is 8.45. The number of thiol groups is 1. The maximum absolute atomic E-state index is 11.6. The van der Waals surface area contributed by atoms with Crippen LogP contribution in [0.2, 0.25) is 0 Å². The monoisotopic (exact) mass is 474 g/mol. The molecule has 0 radical (unpaired) electrons. The van der Waals surface area contributed by atoms with Gasteiger partial charge in [0.1, 0.15) is 5.75 Å². The van der Waals surface area contributed by atoms with Crippen molar-refractivity contribution in [3.63, 3.8) is 0 Å². The molecule has 1 aliphatic carbocycles. The Bertz CT molecular complexity index is 926. The van der Waals surface area contributed by atoms with Crippen LogP contribution in [0.4, 0.5) is 13.2 Å². The number of ether oxygens (including phenoxy) is 2. The Hall–Kier alpha value is -2.44. The SMILES string of the molecule is C1CCOCC1.FC(F)(F)Oc1ccc(S)cc1.c1ccc2c(c1)CCc1ccccc1C2. The number of hydrogen-bond donors (Lipinski definition) is 1. The first-order valence-electron chi connectivity index (χ1n) is 11.2. The molecule has 33 heavy (non-hydrogen) atoms. The Morgan fingerprint density at radius 1 is 0.667 bits per heavy atom. The molecule has 176 valence electrons. The van der Waals surface area contributed by atoms with Gasteiger partial charge in [0, 0.05) is 18.1 Å². The summed E-state index contributed by atoms with van der Waals surface area (Å²) in [7, 11) is 0. The first kappa shape index (κ1) is 25.2. The van der Waals surface area contributed by atoms with Gasteiger partial charge in [0.05, 0.1) is 0 Å². The summed E-state index contributed by atoms with van der Waals surface area (Å²) in [6, 6.07) is 22.9. The van der Waals surface area contributed by atoms with Crippen molar-refractivity contribution in [2.75, 3.05) is 13.2 Å². The van der Waals surface area contributed by atoms with Crippen molar-refractivity contribution in [1.82, 2.24) is 0 Å². The van der Waals surface area contributed by atoms with E-state index >= 15 is 0 Å². The van der Waals surface area contributed by atoms with Crippen molar-refractivity contribution in [2.45, 2.75) is 49.8 Å². The second kappa shape index (κ2) is 12.7. The molecule has 1 fully saturated rings. The fraction of sp³-hybridized carbons (Fsp3) is 0.333. The molecule has 1 saturated heterocycles. The van der Waals surface area contributed by atoms with Gasteiger partial charge < -0.3 is 9.47 Å². The number of fused-ring (bicyclic) bond motifs is 2. The summed E-state index contributed by atoms with van der Waals surface area (Å²) in [5.41, 5.74) is 6.05. The van der Waals surface area contributed by atoms with Crippen LogP contribution in [-0.2, 0) is 24.0 Å². The Balaban J connectivity index is 0.000000152. The zero-order chi connectivity index (χ0) is 23.5. The molecule has 0 unspecified atom stereocenters. The van der Waals surface area contributed by atoms with Crippen molar-refractivity contribution >= 4 is 12.6 Å². The third-order valence-electron chi connectivity index (χ3n) is 5.43. The van der Waals surface area contributed by atoms with Crippen LogP contribution in [0.25, 0.3) is 0 Å². The number of hydrogen-bond acceptors (Lipinski definition) is 3. The van der Waals surface area contributed by atoms with Crippen LogP contribution >= 0.6 is 12.6 Å². The summed E-state index contributed by atoms with van der Waals surface area (Å²) in [6.45, 7) is 2.00. The van der Waals surface area contributed by atoms with Gasteiger partial charge in [-0.2, -0.15) is 0 Å². The molecule has 0 spiro atoms. The van der Waals surface area contributed by atoms with E-state index in [1.807, 2.05) is 0 Å². The van der Waals surface area contributed by atoms with Gasteiger partial charge in [-0.05, 0) is 85.0 Å². The number of alkyl halides is 3. The van der Waals surface area contributed by atoms with Crippen LogP contribution in [0.1, 0.15) is 41.5 Å². The average Bonchev–Trinajstić information content (AvgIpc) is 3.01. The van der Waals surface area contributed by atoms with Gasteiger partial charge in [0.25, 0.3) is 0 Å². The number of benzene rings is 3. The van der Waals surface area contributed by atoms with Gasteiger partial charge in [0.2, 0.25) is 0 Å². The van der Waals surface area contributed by atoms with E-state index in [4.69, 9.17) is 4.74 Å². The lowest BCUT2D eigenvalue weighted by Gasteiger charge is -2.08. The van der Waals surface area contributed by atoms with Gasteiger partial charge in [-0.25, -0.2) is 0 Å². The van der Waals surface area contributed by atoms with Crippen molar-refractivity contribution in [3.05, 3.63) is 95.1 Å². The Kier molecular flexibility index (Phi) is 9.70. The summed E-state index contributed by atoms with van der Waals surface area (Å²) < 4.78 is 43.5. The van der Waals surface area contributed by atoms with Crippen LogP contribution in [0.5, 0.6) is 5.75 Å². The topological polar surface area (TPSA) is 18.5 Å². The maximum atomic E-state index is 11.6. The molecule has 1 heterocycles. The Labute approximate surface area is 199 Å². The first-order valence-corrected chi connectivity index (χ1v) is 11.6. The van der Waals surface area contributed by atoms with E-state index in [0.29, 0.717) is 4.90 Å². The second-order valence-electron chi connectivity index (χ2n) is 7.93. The van der Waals surface area contributed by atoms with Crippen molar-refractivity contribution in [3.8, 4) is 5.75 Å². The molecular weight excluding hydrogens is 445 g/mol. The van der Waals surface area contributed by atoms with Crippen molar-refractivity contribution < 1.29 is 22.6 Å². The molecular formula is C27H29F3O2S. The molecule has 3 aromatic carbocycles. The van der Waals surface area contributed by atoms with Crippen molar-refractivity contribution in [1.29, 1.82) is 0 Å². The first-order chi connectivity index (χ1) is 15.9. The van der Waals surface area contributed by atoms with E-state index in [-0.39, 0.29) is 5.75 Å². The molecule has 0 saturated carbocycles. The van der Waals surface area contributed by atoms with Gasteiger partial charge in [0.15, 0.2) is 0 Å². The summed E-state index contributed by atoms with van der Waals surface area (Å²) in [5.74, 6) is -0.236. The van der Waals surface area contributed by atoms with Crippen LogP contribution in [0.3, 0.4) is 0 Å². The third-order valence-corrected chi connectivity index (χ3v) is 5.73.